The number of nitrogens with one attached hydrogen (secondary N) is 1. The highest BCUT2D eigenvalue weighted by atomic mass is 16.4. The first-order valence-corrected chi connectivity index (χ1v) is 6.54. The molecule has 104 valence electrons. The molecular formula is C14H20N2O3. The molecule has 0 fully saturated rings. The highest BCUT2D eigenvalue weighted by Gasteiger charge is 2.30. The topological polar surface area (TPSA) is 85.3 Å². The van der Waals surface area contributed by atoms with Crippen molar-refractivity contribution in [3.63, 3.8) is 0 Å². The normalized spacial score (nSPS) is 15.3. The molecule has 1 aliphatic carbocycles. The molecule has 1 heterocycles. The maximum Gasteiger partial charge on any atom is 0.287 e. The van der Waals surface area contributed by atoms with E-state index in [1.54, 1.807) is 6.92 Å². The van der Waals surface area contributed by atoms with E-state index in [0.29, 0.717) is 29.9 Å². The van der Waals surface area contributed by atoms with Crippen molar-refractivity contribution in [3.8, 4) is 0 Å². The van der Waals surface area contributed by atoms with E-state index < -0.39 is 5.54 Å². The van der Waals surface area contributed by atoms with Gasteiger partial charge in [-0.1, -0.05) is 0 Å². The molecule has 2 rings (SSSR count). The van der Waals surface area contributed by atoms with Gasteiger partial charge in [-0.3, -0.25) is 9.59 Å². The Labute approximate surface area is 112 Å². The fraction of sp³-hybridized carbons (Fsp3) is 0.571. The van der Waals surface area contributed by atoms with Gasteiger partial charge in [-0.25, -0.2) is 0 Å². The molecule has 5 heteroatoms. The molecule has 0 unspecified atom stereocenters. The third-order valence-corrected chi connectivity index (χ3v) is 3.47. The lowest BCUT2D eigenvalue weighted by Crippen LogP contribution is -2.48. The van der Waals surface area contributed by atoms with Crippen LogP contribution in [0.25, 0.3) is 0 Å². The maximum atomic E-state index is 12.2. The maximum absolute atomic E-state index is 12.2. The first kappa shape index (κ1) is 13.8. The molecule has 1 aliphatic rings. The summed E-state index contributed by atoms with van der Waals surface area (Å²) in [7, 11) is 0. The second-order valence-corrected chi connectivity index (χ2v) is 5.67. The van der Waals surface area contributed by atoms with E-state index in [9.17, 15) is 9.59 Å². The van der Waals surface area contributed by atoms with Crippen molar-refractivity contribution in [1.29, 1.82) is 0 Å². The predicted molar refractivity (Wildman–Crippen MR) is 71.3 cm³/mol. The zero-order valence-electron chi connectivity index (χ0n) is 11.6. The molecule has 0 aliphatic heterocycles. The minimum absolute atomic E-state index is 0.0691. The third-order valence-electron chi connectivity index (χ3n) is 3.47. The lowest BCUT2D eigenvalue weighted by atomic mass is 9.94. The molecule has 1 aromatic rings. The Morgan fingerprint density at radius 2 is 2.11 bits per heavy atom. The van der Waals surface area contributed by atoms with Crippen LogP contribution in [-0.2, 0) is 6.42 Å². The van der Waals surface area contributed by atoms with Crippen molar-refractivity contribution in [2.24, 2.45) is 5.73 Å². The van der Waals surface area contributed by atoms with Crippen LogP contribution >= 0.6 is 0 Å². The fourth-order valence-corrected chi connectivity index (χ4v) is 2.28. The summed E-state index contributed by atoms with van der Waals surface area (Å²) in [4.78, 5) is 24.1. The van der Waals surface area contributed by atoms with Crippen LogP contribution in [-0.4, -0.2) is 23.8 Å². The lowest BCUT2D eigenvalue weighted by molar-refractivity contribution is 0.0882. The second kappa shape index (κ2) is 4.81. The average Bonchev–Trinajstić information content (AvgIpc) is 2.68. The molecular weight excluding hydrogens is 244 g/mol. The summed E-state index contributed by atoms with van der Waals surface area (Å²) < 4.78 is 5.59. The number of carbonyl (C=O) groups excluding carboxylic acids is 2. The summed E-state index contributed by atoms with van der Waals surface area (Å²) >= 11 is 0. The first-order chi connectivity index (χ1) is 8.85. The summed E-state index contributed by atoms with van der Waals surface area (Å²) in [5, 5.41) is 2.82. The van der Waals surface area contributed by atoms with Gasteiger partial charge >= 0.3 is 0 Å². The molecule has 0 saturated heterocycles. The minimum atomic E-state index is -0.499. The number of ketones is 1. The highest BCUT2D eigenvalue weighted by molar-refractivity contribution is 6.03. The van der Waals surface area contributed by atoms with Crippen LogP contribution < -0.4 is 11.1 Å². The highest BCUT2D eigenvalue weighted by Crippen LogP contribution is 2.29. The van der Waals surface area contributed by atoms with Crippen LogP contribution in [0.4, 0.5) is 0 Å². The van der Waals surface area contributed by atoms with Gasteiger partial charge in [-0.2, -0.15) is 0 Å². The van der Waals surface area contributed by atoms with E-state index in [0.717, 1.165) is 12.8 Å². The van der Waals surface area contributed by atoms with E-state index in [2.05, 4.69) is 5.32 Å². The molecule has 19 heavy (non-hydrogen) atoms. The van der Waals surface area contributed by atoms with E-state index in [1.807, 2.05) is 13.8 Å². The Balaban J connectivity index is 2.32. The van der Waals surface area contributed by atoms with Gasteiger partial charge in [0.05, 0.1) is 5.56 Å². The monoisotopic (exact) mass is 264 g/mol. The van der Waals surface area contributed by atoms with Gasteiger partial charge in [0, 0.05) is 30.5 Å². The number of hydrogen-bond donors (Lipinski definition) is 2. The van der Waals surface area contributed by atoms with Gasteiger partial charge in [0.2, 0.25) is 0 Å². The standard InChI is InChI=1S/C14H20N2O3/c1-8-11-9(17)5-4-6-10(11)19-12(8)13(18)16-14(2,3)7-15/h4-7,15H2,1-3H3,(H,16,18). The van der Waals surface area contributed by atoms with Gasteiger partial charge in [0.25, 0.3) is 5.91 Å². The summed E-state index contributed by atoms with van der Waals surface area (Å²) in [5.74, 6) is 0.640. The number of fused-ring (bicyclic) bond motifs is 1. The largest absolute Gasteiger partial charge is 0.455 e. The van der Waals surface area contributed by atoms with E-state index >= 15 is 0 Å². The number of carbonyl (C=O) groups is 2. The minimum Gasteiger partial charge on any atom is -0.455 e. The average molecular weight is 264 g/mol. The van der Waals surface area contributed by atoms with Crippen molar-refractivity contribution in [2.75, 3.05) is 6.54 Å². The van der Waals surface area contributed by atoms with Gasteiger partial charge in [-0.05, 0) is 27.2 Å². The van der Waals surface area contributed by atoms with Gasteiger partial charge in [-0.15, -0.1) is 0 Å². The Morgan fingerprint density at radius 1 is 1.42 bits per heavy atom. The smallest absolute Gasteiger partial charge is 0.287 e. The molecule has 1 amide bonds. The third kappa shape index (κ3) is 2.56. The van der Waals surface area contributed by atoms with Crippen molar-refractivity contribution < 1.29 is 14.0 Å². The number of Topliss-reactive ketones (excluding diaryl/α,β-unsaturated/α-hetero) is 1. The first-order valence-electron chi connectivity index (χ1n) is 6.54. The summed E-state index contributed by atoms with van der Waals surface area (Å²) in [6.45, 7) is 5.77. The number of furan rings is 1. The van der Waals surface area contributed by atoms with Crippen LogP contribution in [0.3, 0.4) is 0 Å². The predicted octanol–water partition coefficient (Wildman–Crippen LogP) is 1.57. The van der Waals surface area contributed by atoms with E-state index in [4.69, 9.17) is 10.2 Å². The molecule has 1 aromatic heterocycles. The van der Waals surface area contributed by atoms with Gasteiger partial charge < -0.3 is 15.5 Å². The van der Waals surface area contributed by atoms with Crippen LogP contribution in [0.1, 0.15) is 58.9 Å². The molecule has 0 spiro atoms. The summed E-state index contributed by atoms with van der Waals surface area (Å²) in [6, 6.07) is 0. The zero-order chi connectivity index (χ0) is 14.2. The van der Waals surface area contributed by atoms with Crippen LogP contribution in [0.15, 0.2) is 4.42 Å². The SMILES string of the molecule is Cc1c(C(=O)NC(C)(C)CN)oc2c1C(=O)CCC2. The Morgan fingerprint density at radius 3 is 2.68 bits per heavy atom. The van der Waals surface area contributed by atoms with E-state index in [-0.39, 0.29) is 17.5 Å². The summed E-state index contributed by atoms with van der Waals surface area (Å²) in [6.07, 6.45) is 2.03. The molecule has 5 nitrogen and oxygen atoms in total. The Kier molecular flexibility index (Phi) is 3.49. The molecule has 3 N–H and O–H groups in total. The van der Waals surface area contributed by atoms with Crippen molar-refractivity contribution in [2.45, 2.75) is 45.6 Å². The molecule has 0 saturated carbocycles. The zero-order valence-corrected chi connectivity index (χ0v) is 11.6. The van der Waals surface area contributed by atoms with Crippen LogP contribution in [0, 0.1) is 6.92 Å². The lowest BCUT2D eigenvalue weighted by Gasteiger charge is -2.23. The number of nitrogens with two attached hydrogens (primary N) is 1. The van der Waals surface area contributed by atoms with Crippen molar-refractivity contribution >= 4 is 11.7 Å². The quantitative estimate of drug-likeness (QED) is 0.867. The summed E-state index contributed by atoms with van der Waals surface area (Å²) in [5.41, 5.74) is 6.33. The fourth-order valence-electron chi connectivity index (χ4n) is 2.28. The number of amides is 1. The number of hydrogen-bond acceptors (Lipinski definition) is 4. The molecule has 0 bridgehead atoms. The number of aryl methyl sites for hydroxylation is 1. The van der Waals surface area contributed by atoms with Gasteiger partial charge in [0.15, 0.2) is 11.5 Å². The van der Waals surface area contributed by atoms with Gasteiger partial charge in [0.1, 0.15) is 5.76 Å². The van der Waals surface area contributed by atoms with Crippen LogP contribution in [0.2, 0.25) is 0 Å². The number of rotatable bonds is 3. The van der Waals surface area contributed by atoms with Crippen molar-refractivity contribution in [1.82, 2.24) is 5.32 Å². The van der Waals surface area contributed by atoms with E-state index in [1.165, 1.54) is 0 Å². The Hall–Kier alpha value is -1.62. The van der Waals surface area contributed by atoms with Crippen molar-refractivity contribution in [3.05, 3.63) is 22.6 Å². The Bertz CT molecular complexity index is 529. The second-order valence-electron chi connectivity index (χ2n) is 5.67. The molecule has 0 aromatic carbocycles. The molecule has 0 radical (unpaired) electrons. The van der Waals surface area contributed by atoms with Crippen LogP contribution in [0.5, 0.6) is 0 Å². The molecule has 0 atom stereocenters.